The summed E-state index contributed by atoms with van der Waals surface area (Å²) in [4.78, 5) is 29.2. The first kappa shape index (κ1) is 31.9. The second kappa shape index (κ2) is 12.0. The number of carboxylic acid groups (broad SMARTS) is 1. The van der Waals surface area contributed by atoms with Crippen molar-refractivity contribution >= 4 is 45.6 Å². The number of carbonyl (C=O) groups excluding carboxylic acids is 1. The van der Waals surface area contributed by atoms with Crippen molar-refractivity contribution in [2.75, 3.05) is 33.2 Å². The smallest absolute Gasteiger partial charge is 0.452 e. The van der Waals surface area contributed by atoms with E-state index in [0.29, 0.717) is 42.5 Å². The quantitative estimate of drug-likeness (QED) is 0.358. The minimum Gasteiger partial charge on any atom is -0.480 e. The molecule has 10 nitrogen and oxygen atoms in total. The Kier molecular flexibility index (Phi) is 9.09. The van der Waals surface area contributed by atoms with E-state index in [0.717, 1.165) is 18.7 Å². The third kappa shape index (κ3) is 6.49. The summed E-state index contributed by atoms with van der Waals surface area (Å²) in [6.07, 6.45) is -4.12. The van der Waals surface area contributed by atoms with Crippen molar-refractivity contribution in [2.45, 2.75) is 41.1 Å². The van der Waals surface area contributed by atoms with Gasteiger partial charge >= 0.3 is 12.1 Å². The van der Waals surface area contributed by atoms with Gasteiger partial charge in [-0.1, -0.05) is 29.4 Å². The molecule has 2 fully saturated rings. The average Bonchev–Trinajstić information content (AvgIpc) is 3.27. The molecule has 1 aliphatic heterocycles. The number of halogens is 4. The van der Waals surface area contributed by atoms with Crippen LogP contribution in [0.25, 0.3) is 10.6 Å². The molecule has 0 bridgehead atoms. The summed E-state index contributed by atoms with van der Waals surface area (Å²) in [6, 6.07) is 10.2. The fourth-order valence-electron chi connectivity index (χ4n) is 5.01. The third-order valence-corrected chi connectivity index (χ3v) is 10.6. The Labute approximate surface area is 249 Å². The molecule has 3 aromatic rings. The van der Waals surface area contributed by atoms with Crippen molar-refractivity contribution < 1.29 is 40.8 Å². The number of sulfonamides is 1. The maximum atomic E-state index is 13.2. The van der Waals surface area contributed by atoms with Crippen LogP contribution < -0.4 is 4.72 Å². The predicted molar refractivity (Wildman–Crippen MR) is 149 cm³/mol. The van der Waals surface area contributed by atoms with Gasteiger partial charge in [-0.15, -0.1) is 23.7 Å². The zero-order chi connectivity index (χ0) is 29.6. The lowest BCUT2D eigenvalue weighted by atomic mass is 9.97. The number of thiophene rings is 1. The molecule has 3 heterocycles. The number of benzene rings is 1. The van der Waals surface area contributed by atoms with Gasteiger partial charge in [0.15, 0.2) is 0 Å². The number of amides is 1. The van der Waals surface area contributed by atoms with E-state index in [2.05, 4.69) is 19.3 Å². The molecule has 2 unspecified atom stereocenters. The number of aromatic nitrogens is 1. The maximum Gasteiger partial charge on any atom is 0.452 e. The highest BCUT2D eigenvalue weighted by Gasteiger charge is 2.63. The highest BCUT2D eigenvalue weighted by molar-refractivity contribution is 7.91. The molecular weight excluding hydrogens is 621 g/mol. The van der Waals surface area contributed by atoms with E-state index < -0.39 is 39.4 Å². The molecule has 228 valence electrons. The van der Waals surface area contributed by atoms with Crippen molar-refractivity contribution in [2.24, 2.45) is 0 Å². The summed E-state index contributed by atoms with van der Waals surface area (Å²) in [5.41, 5.74) is -0.580. The predicted octanol–water partition coefficient (Wildman–Crippen LogP) is 3.84. The molecule has 2 atom stereocenters. The minimum absolute atomic E-state index is 0. The molecule has 42 heavy (non-hydrogen) atoms. The van der Waals surface area contributed by atoms with E-state index in [4.69, 9.17) is 0 Å². The van der Waals surface area contributed by atoms with Gasteiger partial charge in [-0.25, -0.2) is 8.42 Å². The van der Waals surface area contributed by atoms with Gasteiger partial charge in [-0.05, 0) is 43.1 Å². The van der Waals surface area contributed by atoms with E-state index in [1.54, 1.807) is 18.2 Å². The monoisotopic (exact) mass is 648 g/mol. The minimum atomic E-state index is -4.75. The Hall–Kier alpha value is -2.98. The molecule has 2 aromatic heterocycles. The molecule has 2 aliphatic rings. The molecule has 2 N–H and O–H groups in total. The lowest BCUT2D eigenvalue weighted by Crippen LogP contribution is -2.47. The molecule has 0 spiro atoms. The van der Waals surface area contributed by atoms with Gasteiger partial charge in [-0.2, -0.15) is 17.9 Å². The summed E-state index contributed by atoms with van der Waals surface area (Å²) in [7, 11) is -2.37. The number of carbonyl (C=O) groups is 2. The Morgan fingerprint density at radius 1 is 1.17 bits per heavy atom. The van der Waals surface area contributed by atoms with Crippen molar-refractivity contribution in [3.63, 3.8) is 0 Å². The van der Waals surface area contributed by atoms with Crippen LogP contribution in [0.1, 0.15) is 35.6 Å². The number of rotatable bonds is 9. The number of nitrogens with one attached hydrogen (secondary N) is 1. The number of aryl methyl sites for hydroxylation is 1. The van der Waals surface area contributed by atoms with Crippen LogP contribution in [0.15, 0.2) is 51.2 Å². The number of likely N-dealkylation sites (N-methyl/N-ethyl adjacent to an activating group) is 1. The maximum absolute atomic E-state index is 13.2. The first-order chi connectivity index (χ1) is 19.3. The molecule has 1 saturated heterocycles. The Bertz CT molecular complexity index is 1570. The van der Waals surface area contributed by atoms with Crippen molar-refractivity contribution in [1.82, 2.24) is 19.7 Å². The van der Waals surface area contributed by atoms with Crippen LogP contribution in [0, 0.1) is 0 Å². The standard InChI is InChI=1S/C26H27F3N4O6S2.ClH/c1-32-10-12-33(13-11-32)22(34)8-6-16-4-2-3-5-17(16)18-15-25(18,24(35)36)31-41(37,38)23-9-7-20(40-23)19-14-21(39-30-19)26(27,28)29;/h2-5,7,9,14,18,31H,6,8,10-13,15H2,1H3,(H,35,36);1H. The SMILES string of the molecule is CN1CCN(C(=O)CCc2ccccc2C2CC2(NS(=O)(=O)c2ccc(-c3cc(C(F)(F)F)on3)s2)C(=O)O)CC1.Cl. The molecule has 0 radical (unpaired) electrons. The highest BCUT2D eigenvalue weighted by atomic mass is 35.5. The lowest BCUT2D eigenvalue weighted by molar-refractivity contribution is -0.155. The molecule has 1 aliphatic carbocycles. The lowest BCUT2D eigenvalue weighted by Gasteiger charge is -2.32. The summed E-state index contributed by atoms with van der Waals surface area (Å²) in [5, 5.41) is 13.5. The van der Waals surface area contributed by atoms with Gasteiger partial charge < -0.3 is 19.4 Å². The van der Waals surface area contributed by atoms with Crippen molar-refractivity contribution in [3.8, 4) is 10.6 Å². The van der Waals surface area contributed by atoms with Crippen LogP contribution in [-0.4, -0.2) is 79.1 Å². The van der Waals surface area contributed by atoms with Crippen LogP contribution in [-0.2, 0) is 32.2 Å². The van der Waals surface area contributed by atoms with Crippen LogP contribution in [0.2, 0.25) is 0 Å². The fourth-order valence-corrected chi connectivity index (χ4v) is 7.67. The number of hydrogen-bond donors (Lipinski definition) is 2. The number of nitrogens with zero attached hydrogens (tertiary/aromatic N) is 3. The summed E-state index contributed by atoms with van der Waals surface area (Å²) >= 11 is 0.644. The van der Waals surface area contributed by atoms with E-state index in [1.807, 2.05) is 18.0 Å². The zero-order valence-corrected chi connectivity index (χ0v) is 24.7. The topological polar surface area (TPSA) is 133 Å². The van der Waals surface area contributed by atoms with Gasteiger partial charge in [0.1, 0.15) is 15.4 Å². The zero-order valence-electron chi connectivity index (χ0n) is 22.3. The molecule has 16 heteroatoms. The number of piperazine rings is 1. The van der Waals surface area contributed by atoms with Gasteiger partial charge in [0, 0.05) is 44.6 Å². The van der Waals surface area contributed by atoms with E-state index in [1.165, 1.54) is 12.1 Å². The summed E-state index contributed by atoms with van der Waals surface area (Å²) in [6.45, 7) is 2.89. The molecule has 1 amide bonds. The summed E-state index contributed by atoms with van der Waals surface area (Å²) in [5.74, 6) is -3.33. The van der Waals surface area contributed by atoms with E-state index >= 15 is 0 Å². The highest BCUT2D eigenvalue weighted by Crippen LogP contribution is 2.53. The van der Waals surface area contributed by atoms with Gasteiger partial charge in [0.2, 0.25) is 11.7 Å². The van der Waals surface area contributed by atoms with Crippen molar-refractivity contribution in [1.29, 1.82) is 0 Å². The van der Waals surface area contributed by atoms with E-state index in [9.17, 15) is 36.3 Å². The number of carboxylic acids is 1. The largest absolute Gasteiger partial charge is 0.480 e. The Balaban J connectivity index is 0.00000405. The van der Waals surface area contributed by atoms with Crippen molar-refractivity contribution in [3.05, 3.63) is 59.4 Å². The van der Waals surface area contributed by atoms with Crippen LogP contribution in [0.3, 0.4) is 0 Å². The van der Waals surface area contributed by atoms with Crippen LogP contribution >= 0.6 is 23.7 Å². The molecular formula is C26H28ClF3N4O6S2. The van der Waals surface area contributed by atoms with Crippen LogP contribution in [0.5, 0.6) is 0 Å². The number of hydrogen-bond acceptors (Lipinski definition) is 8. The third-order valence-electron chi connectivity index (χ3n) is 7.44. The number of aliphatic carboxylic acids is 1. The fraction of sp³-hybridized carbons (Fsp3) is 0.423. The number of alkyl halides is 3. The summed E-state index contributed by atoms with van der Waals surface area (Å²) < 4.78 is 71.4. The Morgan fingerprint density at radius 2 is 1.86 bits per heavy atom. The second-order valence-corrected chi connectivity index (χ2v) is 13.2. The average molecular weight is 649 g/mol. The first-order valence-electron chi connectivity index (χ1n) is 12.8. The second-order valence-electron chi connectivity index (χ2n) is 10.2. The van der Waals surface area contributed by atoms with E-state index in [-0.39, 0.29) is 45.9 Å². The van der Waals surface area contributed by atoms with Gasteiger partial charge in [0.05, 0.1) is 4.88 Å². The normalized spacial score (nSPS) is 21.1. The molecule has 1 saturated carbocycles. The molecule has 1 aromatic carbocycles. The Morgan fingerprint density at radius 3 is 2.50 bits per heavy atom. The molecule has 5 rings (SSSR count). The van der Waals surface area contributed by atoms with Gasteiger partial charge in [-0.3, -0.25) is 9.59 Å². The van der Waals surface area contributed by atoms with Gasteiger partial charge in [0.25, 0.3) is 10.0 Å². The first-order valence-corrected chi connectivity index (χ1v) is 15.1. The van der Waals surface area contributed by atoms with Crippen LogP contribution in [0.4, 0.5) is 13.2 Å².